The molecule has 1 unspecified atom stereocenters. The molecule has 1 aromatic carbocycles. The number of likely N-dealkylation sites (N-methyl/N-ethyl adjacent to an activating group) is 1. The Kier molecular flexibility index (Phi) is 6.46. The molecule has 0 radical (unpaired) electrons. The van der Waals surface area contributed by atoms with Gasteiger partial charge >= 0.3 is 0 Å². The third-order valence-corrected chi connectivity index (χ3v) is 4.81. The van der Waals surface area contributed by atoms with Crippen molar-refractivity contribution in [1.29, 1.82) is 0 Å². The molecule has 3 rings (SSSR count). The molecule has 1 aliphatic heterocycles. The summed E-state index contributed by atoms with van der Waals surface area (Å²) in [5, 5.41) is 7.74. The fourth-order valence-corrected chi connectivity index (χ4v) is 3.37. The zero-order valence-electron chi connectivity index (χ0n) is 15.0. The predicted octanol–water partition coefficient (Wildman–Crippen LogP) is 2.32. The standard InChI is InChI=1S/C18H25ClN6O/c1-2-25-10-4-7-15(25)12-22-18(20)21-9-8-16-23-17(24-26-16)13-5-3-6-14(19)11-13/h3,5-6,11,15H,2,4,7-10,12H2,1H3,(H3,20,21,22). The van der Waals surface area contributed by atoms with Gasteiger partial charge in [-0.2, -0.15) is 4.98 Å². The van der Waals surface area contributed by atoms with Gasteiger partial charge in [0.25, 0.3) is 0 Å². The van der Waals surface area contributed by atoms with Crippen LogP contribution in [-0.2, 0) is 6.42 Å². The van der Waals surface area contributed by atoms with E-state index >= 15 is 0 Å². The second-order valence-corrected chi connectivity index (χ2v) is 6.79. The molecule has 7 nitrogen and oxygen atoms in total. The Bertz CT molecular complexity index is 747. The summed E-state index contributed by atoms with van der Waals surface area (Å²) in [6.07, 6.45) is 3.01. The summed E-state index contributed by atoms with van der Waals surface area (Å²) in [5.74, 6) is 1.54. The molecule has 1 atom stereocenters. The van der Waals surface area contributed by atoms with E-state index in [9.17, 15) is 0 Å². The molecule has 0 aliphatic carbocycles. The summed E-state index contributed by atoms with van der Waals surface area (Å²) in [5.41, 5.74) is 6.79. The van der Waals surface area contributed by atoms with Crippen LogP contribution in [0, 0.1) is 0 Å². The van der Waals surface area contributed by atoms with Gasteiger partial charge in [-0.05, 0) is 38.1 Å². The van der Waals surface area contributed by atoms with Crippen molar-refractivity contribution in [3.05, 3.63) is 35.2 Å². The average molecular weight is 377 g/mol. The molecule has 3 N–H and O–H groups in total. The topological polar surface area (TPSA) is 92.6 Å². The smallest absolute Gasteiger partial charge is 0.228 e. The molecular weight excluding hydrogens is 352 g/mol. The minimum Gasteiger partial charge on any atom is -0.370 e. The fraction of sp³-hybridized carbons (Fsp3) is 0.500. The number of rotatable bonds is 7. The Morgan fingerprint density at radius 3 is 3.19 bits per heavy atom. The number of aliphatic imine (C=N–C) groups is 1. The second-order valence-electron chi connectivity index (χ2n) is 6.35. The van der Waals surface area contributed by atoms with Gasteiger partial charge in [0.05, 0.1) is 6.54 Å². The van der Waals surface area contributed by atoms with Crippen molar-refractivity contribution < 1.29 is 4.52 Å². The van der Waals surface area contributed by atoms with Crippen LogP contribution < -0.4 is 11.1 Å². The Labute approximate surface area is 158 Å². The van der Waals surface area contributed by atoms with Crippen LogP contribution in [0.25, 0.3) is 11.4 Å². The van der Waals surface area contributed by atoms with E-state index in [1.165, 1.54) is 12.8 Å². The molecule has 0 amide bonds. The molecule has 26 heavy (non-hydrogen) atoms. The first-order chi connectivity index (χ1) is 12.7. The number of aromatic nitrogens is 2. The van der Waals surface area contributed by atoms with Crippen molar-refractivity contribution in [2.75, 3.05) is 26.2 Å². The predicted molar refractivity (Wildman–Crippen MR) is 103 cm³/mol. The highest BCUT2D eigenvalue weighted by Crippen LogP contribution is 2.20. The Hall–Kier alpha value is -2.12. The number of likely N-dealkylation sites (tertiary alicyclic amines) is 1. The lowest BCUT2D eigenvalue weighted by Gasteiger charge is -2.20. The molecule has 1 fully saturated rings. The van der Waals surface area contributed by atoms with Crippen LogP contribution in [0.4, 0.5) is 0 Å². The zero-order chi connectivity index (χ0) is 18.4. The van der Waals surface area contributed by atoms with Gasteiger partial charge in [0.15, 0.2) is 5.96 Å². The second kappa shape index (κ2) is 9.00. The zero-order valence-corrected chi connectivity index (χ0v) is 15.7. The van der Waals surface area contributed by atoms with Crippen molar-refractivity contribution in [2.45, 2.75) is 32.2 Å². The third kappa shape index (κ3) is 4.95. The Morgan fingerprint density at radius 1 is 1.50 bits per heavy atom. The molecule has 1 aliphatic rings. The normalized spacial score (nSPS) is 18.4. The lowest BCUT2D eigenvalue weighted by molar-refractivity contribution is 0.273. The van der Waals surface area contributed by atoms with Gasteiger partial charge in [-0.15, -0.1) is 0 Å². The third-order valence-electron chi connectivity index (χ3n) is 4.57. The van der Waals surface area contributed by atoms with Gasteiger partial charge in [-0.1, -0.05) is 35.8 Å². The van der Waals surface area contributed by atoms with Crippen molar-refractivity contribution in [2.24, 2.45) is 10.7 Å². The molecular formula is C18H25ClN6O. The van der Waals surface area contributed by atoms with Crippen LogP contribution in [0.1, 0.15) is 25.7 Å². The number of hydrogen-bond donors (Lipinski definition) is 2. The molecule has 1 saturated heterocycles. The number of benzene rings is 1. The van der Waals surface area contributed by atoms with E-state index in [0.717, 1.165) is 25.2 Å². The molecule has 0 saturated carbocycles. The minimum absolute atomic E-state index is 0.461. The fourth-order valence-electron chi connectivity index (χ4n) is 3.18. The molecule has 0 spiro atoms. The SMILES string of the molecule is CCN1CCCC1CN=C(N)NCCc1nc(-c2cccc(Cl)c2)no1. The number of guanidine groups is 1. The maximum Gasteiger partial charge on any atom is 0.228 e. The first kappa shape index (κ1) is 18.7. The van der Waals surface area contributed by atoms with Crippen molar-refractivity contribution in [1.82, 2.24) is 20.4 Å². The van der Waals surface area contributed by atoms with Crippen LogP contribution in [0.3, 0.4) is 0 Å². The molecule has 2 aromatic rings. The quantitative estimate of drug-likeness (QED) is 0.569. The van der Waals surface area contributed by atoms with Crippen molar-refractivity contribution >= 4 is 17.6 Å². The highest BCUT2D eigenvalue weighted by molar-refractivity contribution is 6.30. The van der Waals surface area contributed by atoms with Crippen LogP contribution in [0.15, 0.2) is 33.8 Å². The summed E-state index contributed by atoms with van der Waals surface area (Å²) in [6, 6.07) is 7.88. The van der Waals surface area contributed by atoms with E-state index in [1.54, 1.807) is 0 Å². The van der Waals surface area contributed by atoms with Gasteiger partial charge in [0, 0.05) is 29.6 Å². The summed E-state index contributed by atoms with van der Waals surface area (Å²) in [4.78, 5) is 11.3. The summed E-state index contributed by atoms with van der Waals surface area (Å²) >= 11 is 5.99. The van der Waals surface area contributed by atoms with E-state index in [0.29, 0.717) is 41.7 Å². The largest absolute Gasteiger partial charge is 0.370 e. The van der Waals surface area contributed by atoms with E-state index in [4.69, 9.17) is 21.9 Å². The van der Waals surface area contributed by atoms with E-state index in [-0.39, 0.29) is 0 Å². The molecule has 2 heterocycles. The lowest BCUT2D eigenvalue weighted by Crippen LogP contribution is -2.36. The molecule has 1 aromatic heterocycles. The van der Waals surface area contributed by atoms with Crippen LogP contribution in [0.2, 0.25) is 5.02 Å². The lowest BCUT2D eigenvalue weighted by atomic mass is 10.2. The number of nitrogens with one attached hydrogen (secondary N) is 1. The molecule has 140 valence electrons. The maximum atomic E-state index is 5.99. The van der Waals surface area contributed by atoms with E-state index in [1.807, 2.05) is 24.3 Å². The van der Waals surface area contributed by atoms with Crippen LogP contribution in [0.5, 0.6) is 0 Å². The Morgan fingerprint density at radius 2 is 2.38 bits per heavy atom. The van der Waals surface area contributed by atoms with E-state index in [2.05, 4.69) is 32.3 Å². The number of hydrogen-bond acceptors (Lipinski definition) is 5. The summed E-state index contributed by atoms with van der Waals surface area (Å²) < 4.78 is 5.28. The number of nitrogens with two attached hydrogens (primary N) is 1. The minimum atomic E-state index is 0.461. The highest BCUT2D eigenvalue weighted by Gasteiger charge is 2.22. The van der Waals surface area contributed by atoms with Crippen molar-refractivity contribution in [3.8, 4) is 11.4 Å². The average Bonchev–Trinajstić information content (AvgIpc) is 3.29. The molecule has 0 bridgehead atoms. The van der Waals surface area contributed by atoms with Crippen molar-refractivity contribution in [3.63, 3.8) is 0 Å². The first-order valence-corrected chi connectivity index (χ1v) is 9.40. The maximum absolute atomic E-state index is 5.99. The summed E-state index contributed by atoms with van der Waals surface area (Å²) in [6.45, 7) is 5.75. The number of nitrogens with zero attached hydrogens (tertiary/aromatic N) is 4. The van der Waals surface area contributed by atoms with Gasteiger partial charge < -0.3 is 15.6 Å². The number of halogens is 1. The monoisotopic (exact) mass is 376 g/mol. The van der Waals surface area contributed by atoms with Gasteiger partial charge in [-0.25, -0.2) is 0 Å². The highest BCUT2D eigenvalue weighted by atomic mass is 35.5. The first-order valence-electron chi connectivity index (χ1n) is 9.02. The van der Waals surface area contributed by atoms with Crippen LogP contribution >= 0.6 is 11.6 Å². The van der Waals surface area contributed by atoms with Gasteiger partial charge in [0.1, 0.15) is 0 Å². The Balaban J connectivity index is 1.45. The van der Waals surface area contributed by atoms with Gasteiger partial charge in [-0.3, -0.25) is 9.89 Å². The van der Waals surface area contributed by atoms with Crippen LogP contribution in [-0.4, -0.2) is 53.2 Å². The van der Waals surface area contributed by atoms with E-state index < -0.39 is 0 Å². The van der Waals surface area contributed by atoms with Gasteiger partial charge in [0.2, 0.25) is 11.7 Å². The summed E-state index contributed by atoms with van der Waals surface area (Å²) in [7, 11) is 0. The molecule has 8 heteroatoms.